The van der Waals surface area contributed by atoms with Gasteiger partial charge < -0.3 is 10.7 Å². The molecule has 2 aromatic carbocycles. The van der Waals surface area contributed by atoms with Crippen LogP contribution in [0.15, 0.2) is 36.4 Å². The van der Waals surface area contributed by atoms with E-state index in [1.807, 2.05) is 6.07 Å². The SMILES string of the molecule is Nc1cc(Cl)cc2[nH]c(-c3cc4ccc(F)cc4s3)nc12. The fourth-order valence-electron chi connectivity index (χ4n) is 2.35. The molecule has 3 nitrogen and oxygen atoms in total. The number of nitrogen functional groups attached to an aromatic ring is 1. The van der Waals surface area contributed by atoms with Crippen LogP contribution in [0.5, 0.6) is 0 Å². The van der Waals surface area contributed by atoms with Gasteiger partial charge in [-0.15, -0.1) is 11.3 Å². The van der Waals surface area contributed by atoms with E-state index in [1.165, 1.54) is 23.5 Å². The minimum absolute atomic E-state index is 0.239. The summed E-state index contributed by atoms with van der Waals surface area (Å²) in [5.74, 6) is 0.470. The summed E-state index contributed by atoms with van der Waals surface area (Å²) in [5.41, 5.74) is 7.95. The average molecular weight is 318 g/mol. The topological polar surface area (TPSA) is 54.7 Å². The number of fused-ring (bicyclic) bond motifs is 2. The van der Waals surface area contributed by atoms with Crippen LogP contribution in [0.3, 0.4) is 0 Å². The van der Waals surface area contributed by atoms with Crippen LogP contribution in [0.2, 0.25) is 5.02 Å². The molecule has 0 amide bonds. The molecule has 0 aliphatic heterocycles. The van der Waals surface area contributed by atoms with Crippen molar-refractivity contribution in [2.24, 2.45) is 0 Å². The number of rotatable bonds is 1. The van der Waals surface area contributed by atoms with Crippen LogP contribution >= 0.6 is 22.9 Å². The zero-order chi connectivity index (χ0) is 14.6. The summed E-state index contributed by atoms with van der Waals surface area (Å²) < 4.78 is 14.2. The van der Waals surface area contributed by atoms with Gasteiger partial charge in [0.1, 0.15) is 17.2 Å². The second-order valence-electron chi connectivity index (χ2n) is 4.77. The van der Waals surface area contributed by atoms with Crippen molar-refractivity contribution in [3.05, 3.63) is 47.2 Å². The average Bonchev–Trinajstić information content (AvgIpc) is 3.01. The van der Waals surface area contributed by atoms with Gasteiger partial charge in [-0.05, 0) is 35.7 Å². The summed E-state index contributed by atoms with van der Waals surface area (Å²) in [6, 6.07) is 10.2. The minimum Gasteiger partial charge on any atom is -0.397 e. The Bertz CT molecular complexity index is 989. The number of hydrogen-bond donors (Lipinski definition) is 2. The summed E-state index contributed by atoms with van der Waals surface area (Å²) in [5, 5.41) is 1.55. The molecule has 0 spiro atoms. The van der Waals surface area contributed by atoms with Crippen LogP contribution < -0.4 is 5.73 Å². The Kier molecular flexibility index (Phi) is 2.67. The largest absolute Gasteiger partial charge is 0.397 e. The second kappa shape index (κ2) is 4.44. The summed E-state index contributed by atoms with van der Waals surface area (Å²) >= 11 is 7.48. The van der Waals surface area contributed by atoms with E-state index in [-0.39, 0.29) is 5.82 Å². The zero-order valence-electron chi connectivity index (χ0n) is 10.7. The van der Waals surface area contributed by atoms with Gasteiger partial charge >= 0.3 is 0 Å². The third kappa shape index (κ3) is 2.05. The predicted octanol–water partition coefficient (Wildman–Crippen LogP) is 4.82. The molecule has 0 saturated heterocycles. The van der Waals surface area contributed by atoms with Gasteiger partial charge in [0.2, 0.25) is 0 Å². The number of nitrogens with zero attached hydrogens (tertiary/aromatic N) is 1. The molecular formula is C15H9ClFN3S. The van der Waals surface area contributed by atoms with Crippen molar-refractivity contribution in [1.82, 2.24) is 9.97 Å². The fraction of sp³-hybridized carbons (Fsp3) is 0. The highest BCUT2D eigenvalue weighted by molar-refractivity contribution is 7.22. The van der Waals surface area contributed by atoms with Gasteiger partial charge in [-0.2, -0.15) is 0 Å². The van der Waals surface area contributed by atoms with Crippen molar-refractivity contribution in [2.45, 2.75) is 0 Å². The van der Waals surface area contributed by atoms with Crippen molar-refractivity contribution >= 4 is 49.7 Å². The first-order valence-electron chi connectivity index (χ1n) is 6.24. The normalized spacial score (nSPS) is 11.5. The predicted molar refractivity (Wildman–Crippen MR) is 86.3 cm³/mol. The van der Waals surface area contributed by atoms with Gasteiger partial charge in [0.15, 0.2) is 0 Å². The highest BCUT2D eigenvalue weighted by Gasteiger charge is 2.12. The molecule has 3 N–H and O–H groups in total. The molecule has 0 aliphatic rings. The molecule has 104 valence electrons. The lowest BCUT2D eigenvalue weighted by Crippen LogP contribution is -1.86. The molecule has 0 bridgehead atoms. The van der Waals surface area contributed by atoms with Gasteiger partial charge in [-0.3, -0.25) is 0 Å². The quantitative estimate of drug-likeness (QED) is 0.494. The molecule has 0 saturated carbocycles. The molecule has 2 aromatic heterocycles. The van der Waals surface area contributed by atoms with E-state index in [9.17, 15) is 4.39 Å². The minimum atomic E-state index is -0.239. The van der Waals surface area contributed by atoms with Crippen molar-refractivity contribution in [3.63, 3.8) is 0 Å². The maximum atomic E-state index is 13.3. The van der Waals surface area contributed by atoms with Gasteiger partial charge in [-0.1, -0.05) is 17.7 Å². The maximum absolute atomic E-state index is 13.3. The van der Waals surface area contributed by atoms with Gasteiger partial charge in [-0.25, -0.2) is 9.37 Å². The number of thiophene rings is 1. The van der Waals surface area contributed by atoms with E-state index in [0.717, 1.165) is 20.5 Å². The Hall–Kier alpha value is -2.11. The smallest absolute Gasteiger partial charge is 0.148 e. The van der Waals surface area contributed by atoms with E-state index < -0.39 is 0 Å². The Morgan fingerprint density at radius 3 is 2.90 bits per heavy atom. The number of H-pyrrole nitrogens is 1. The lowest BCUT2D eigenvalue weighted by molar-refractivity contribution is 0.630. The third-order valence-electron chi connectivity index (χ3n) is 3.30. The van der Waals surface area contributed by atoms with Crippen molar-refractivity contribution < 1.29 is 4.39 Å². The Labute approximate surface area is 128 Å². The van der Waals surface area contributed by atoms with Crippen LogP contribution in [0, 0.1) is 5.82 Å². The molecule has 2 heterocycles. The summed E-state index contributed by atoms with van der Waals surface area (Å²) in [6.45, 7) is 0. The molecule has 0 aliphatic carbocycles. The van der Waals surface area contributed by atoms with E-state index >= 15 is 0 Å². The number of hydrogen-bond acceptors (Lipinski definition) is 3. The molecule has 21 heavy (non-hydrogen) atoms. The molecular weight excluding hydrogens is 309 g/mol. The van der Waals surface area contributed by atoms with Gasteiger partial charge in [0, 0.05) is 9.72 Å². The van der Waals surface area contributed by atoms with E-state index in [0.29, 0.717) is 22.1 Å². The molecule has 0 fully saturated rings. The zero-order valence-corrected chi connectivity index (χ0v) is 12.2. The first-order valence-corrected chi connectivity index (χ1v) is 7.44. The number of aromatic nitrogens is 2. The van der Waals surface area contributed by atoms with Crippen molar-refractivity contribution in [3.8, 4) is 10.7 Å². The van der Waals surface area contributed by atoms with Crippen molar-refractivity contribution in [1.29, 1.82) is 0 Å². The Morgan fingerprint density at radius 2 is 2.05 bits per heavy atom. The molecule has 0 atom stereocenters. The number of nitrogens with two attached hydrogens (primary N) is 1. The fourth-order valence-corrected chi connectivity index (χ4v) is 3.61. The highest BCUT2D eigenvalue weighted by atomic mass is 35.5. The first kappa shape index (κ1) is 12.6. The number of imidazole rings is 1. The summed E-state index contributed by atoms with van der Waals surface area (Å²) in [6.07, 6.45) is 0. The monoisotopic (exact) mass is 317 g/mol. The van der Waals surface area contributed by atoms with Crippen LogP contribution in [0.25, 0.3) is 31.8 Å². The van der Waals surface area contributed by atoms with Crippen molar-refractivity contribution in [2.75, 3.05) is 5.73 Å². The number of nitrogens with one attached hydrogen (secondary N) is 1. The molecule has 6 heteroatoms. The Morgan fingerprint density at radius 1 is 1.19 bits per heavy atom. The van der Waals surface area contributed by atoms with Crippen LogP contribution in [0.4, 0.5) is 10.1 Å². The van der Waals surface area contributed by atoms with E-state index in [4.69, 9.17) is 17.3 Å². The standard InChI is InChI=1S/C15H9ClFN3S/c16-8-4-10(18)14-11(5-8)19-15(20-14)13-3-7-1-2-9(17)6-12(7)21-13/h1-6H,18H2,(H,19,20). The molecule has 0 radical (unpaired) electrons. The van der Waals surface area contributed by atoms with E-state index in [1.54, 1.807) is 18.2 Å². The van der Waals surface area contributed by atoms with Gasteiger partial charge in [0.25, 0.3) is 0 Å². The van der Waals surface area contributed by atoms with Crippen LogP contribution in [0.1, 0.15) is 0 Å². The van der Waals surface area contributed by atoms with Gasteiger partial charge in [0.05, 0.1) is 16.1 Å². The third-order valence-corrected chi connectivity index (χ3v) is 4.62. The number of anilines is 1. The number of benzene rings is 2. The van der Waals surface area contributed by atoms with Crippen LogP contribution in [-0.4, -0.2) is 9.97 Å². The lowest BCUT2D eigenvalue weighted by atomic mass is 10.2. The second-order valence-corrected chi connectivity index (χ2v) is 6.29. The summed E-state index contributed by atoms with van der Waals surface area (Å²) in [7, 11) is 0. The van der Waals surface area contributed by atoms with Crippen LogP contribution in [-0.2, 0) is 0 Å². The first-order chi connectivity index (χ1) is 10.1. The molecule has 0 unspecified atom stereocenters. The van der Waals surface area contributed by atoms with E-state index in [2.05, 4.69) is 9.97 Å². The number of aromatic amines is 1. The Balaban J connectivity index is 1.93. The molecule has 4 aromatic rings. The molecule has 4 rings (SSSR count). The lowest BCUT2D eigenvalue weighted by Gasteiger charge is -1.94. The highest BCUT2D eigenvalue weighted by Crippen LogP contribution is 2.34. The summed E-state index contributed by atoms with van der Waals surface area (Å²) in [4.78, 5) is 8.66. The number of halogens is 2. The maximum Gasteiger partial charge on any atom is 0.148 e.